The first-order chi connectivity index (χ1) is 12.4. The molecule has 3 heterocycles. The number of rotatable bonds is 4. The molecule has 6 heteroatoms. The number of nitrogens with zero attached hydrogens (tertiary/aromatic N) is 2. The van der Waals surface area contributed by atoms with Gasteiger partial charge in [0.15, 0.2) is 0 Å². The second kappa shape index (κ2) is 7.56. The maximum atomic E-state index is 12.6. The Labute approximate surface area is 155 Å². The predicted molar refractivity (Wildman–Crippen MR) is 101 cm³/mol. The van der Waals surface area contributed by atoms with Crippen LogP contribution in [0, 0.1) is 11.3 Å². The lowest BCUT2D eigenvalue weighted by molar-refractivity contribution is -0.140. The van der Waals surface area contributed by atoms with E-state index >= 15 is 0 Å². The maximum Gasteiger partial charge on any atom is 0.317 e. The number of urea groups is 1. The van der Waals surface area contributed by atoms with Gasteiger partial charge in [-0.15, -0.1) is 0 Å². The van der Waals surface area contributed by atoms with Crippen molar-refractivity contribution in [2.45, 2.75) is 33.2 Å². The molecular formula is C20H29N3O3. The fourth-order valence-electron chi connectivity index (χ4n) is 4.37. The van der Waals surface area contributed by atoms with Crippen LogP contribution in [0.4, 0.5) is 10.5 Å². The number of hydrogen-bond donors (Lipinski definition) is 1. The lowest BCUT2D eigenvalue weighted by Crippen LogP contribution is -2.54. The summed E-state index contributed by atoms with van der Waals surface area (Å²) in [6.07, 6.45) is 1.12. The summed E-state index contributed by atoms with van der Waals surface area (Å²) in [4.78, 5) is 27.8. The van der Waals surface area contributed by atoms with E-state index in [-0.39, 0.29) is 30.1 Å². The summed E-state index contributed by atoms with van der Waals surface area (Å²) in [5.41, 5.74) is 1.37. The first kappa shape index (κ1) is 18.5. The lowest BCUT2D eigenvalue weighted by Gasteiger charge is -2.48. The average molecular weight is 359 g/mol. The second-order valence-corrected chi connectivity index (χ2v) is 8.04. The Kier molecular flexibility index (Phi) is 5.39. The number of anilines is 1. The van der Waals surface area contributed by atoms with Crippen LogP contribution in [0.2, 0.25) is 0 Å². The van der Waals surface area contributed by atoms with Crippen molar-refractivity contribution in [2.75, 3.05) is 37.7 Å². The maximum absolute atomic E-state index is 12.6. The number of amides is 2. The van der Waals surface area contributed by atoms with Crippen LogP contribution in [0.5, 0.6) is 0 Å². The Morgan fingerprint density at radius 2 is 1.92 bits per heavy atom. The van der Waals surface area contributed by atoms with Crippen LogP contribution in [0.15, 0.2) is 30.3 Å². The summed E-state index contributed by atoms with van der Waals surface area (Å²) in [7, 11) is 0. The number of piperidine rings is 1. The quantitative estimate of drug-likeness (QED) is 0.663. The highest BCUT2D eigenvalue weighted by Gasteiger charge is 2.46. The largest absolute Gasteiger partial charge is 0.464 e. The third kappa shape index (κ3) is 4.11. The molecule has 2 bridgehead atoms. The minimum absolute atomic E-state index is 0.0697. The van der Waals surface area contributed by atoms with Crippen LogP contribution in [0.1, 0.15) is 27.2 Å². The zero-order chi connectivity index (χ0) is 18.7. The number of benzene rings is 1. The summed E-state index contributed by atoms with van der Waals surface area (Å²) in [5, 5.41) is 2.88. The van der Waals surface area contributed by atoms with Crippen LogP contribution < -0.4 is 10.2 Å². The highest BCUT2D eigenvalue weighted by Crippen LogP contribution is 2.43. The van der Waals surface area contributed by atoms with E-state index in [1.165, 1.54) is 12.6 Å². The molecule has 0 aliphatic carbocycles. The van der Waals surface area contributed by atoms with Crippen LogP contribution in [0.25, 0.3) is 0 Å². The Morgan fingerprint density at radius 3 is 2.62 bits per heavy atom. The molecule has 4 rings (SSSR count). The zero-order valence-corrected chi connectivity index (χ0v) is 15.9. The van der Waals surface area contributed by atoms with Gasteiger partial charge in [0, 0.05) is 32.2 Å². The van der Waals surface area contributed by atoms with Gasteiger partial charge in [-0.25, -0.2) is 4.79 Å². The average Bonchev–Trinajstić information content (AvgIpc) is 2.86. The fourth-order valence-corrected chi connectivity index (χ4v) is 4.37. The summed E-state index contributed by atoms with van der Waals surface area (Å²) in [6.45, 7) is 8.99. The molecule has 0 unspecified atom stereocenters. The Morgan fingerprint density at radius 1 is 1.19 bits per heavy atom. The Hall–Kier alpha value is -2.24. The van der Waals surface area contributed by atoms with Crippen LogP contribution in [-0.4, -0.2) is 55.7 Å². The van der Waals surface area contributed by atoms with E-state index in [2.05, 4.69) is 48.3 Å². The summed E-state index contributed by atoms with van der Waals surface area (Å²) < 4.78 is 4.89. The van der Waals surface area contributed by atoms with Gasteiger partial charge in [0.1, 0.15) is 6.61 Å². The number of carbonyl (C=O) groups excluding carboxylic acids is 2. The van der Waals surface area contributed by atoms with E-state index < -0.39 is 0 Å². The van der Waals surface area contributed by atoms with Gasteiger partial charge < -0.3 is 19.9 Å². The molecule has 3 aliphatic rings. The molecule has 0 spiro atoms. The highest BCUT2D eigenvalue weighted by molar-refractivity contribution is 5.74. The molecule has 3 saturated heterocycles. The number of hydrogen-bond acceptors (Lipinski definition) is 4. The van der Waals surface area contributed by atoms with Crippen molar-refractivity contribution < 1.29 is 14.3 Å². The normalized spacial score (nSPS) is 24.1. The van der Waals surface area contributed by atoms with Gasteiger partial charge in [0.25, 0.3) is 0 Å². The number of carbonyl (C=O) groups is 2. The SMILES string of the molecule is CC(=O)OCCNC(=O)N1C[C@@H]2CN(c3ccccc3)[C@H](C1)C(C)(C)C2. The molecule has 1 aromatic rings. The van der Waals surface area contributed by atoms with E-state index in [1.807, 2.05) is 11.0 Å². The van der Waals surface area contributed by atoms with E-state index in [1.54, 1.807) is 0 Å². The third-order valence-electron chi connectivity index (χ3n) is 5.48. The van der Waals surface area contributed by atoms with Crippen molar-refractivity contribution in [3.8, 4) is 0 Å². The van der Waals surface area contributed by atoms with Crippen LogP contribution in [-0.2, 0) is 9.53 Å². The lowest BCUT2D eigenvalue weighted by atomic mass is 9.73. The van der Waals surface area contributed by atoms with Gasteiger partial charge in [0.05, 0.1) is 12.6 Å². The number of fused-ring (bicyclic) bond motifs is 4. The molecule has 0 saturated carbocycles. The van der Waals surface area contributed by atoms with Crippen LogP contribution in [0.3, 0.4) is 0 Å². The fraction of sp³-hybridized carbons (Fsp3) is 0.600. The zero-order valence-electron chi connectivity index (χ0n) is 15.9. The molecule has 0 radical (unpaired) electrons. The molecule has 1 aromatic carbocycles. The molecule has 26 heavy (non-hydrogen) atoms. The number of nitrogens with one attached hydrogen (secondary N) is 1. The summed E-state index contributed by atoms with van der Waals surface area (Å²) >= 11 is 0. The number of ether oxygens (including phenoxy) is 1. The standard InChI is InChI=1S/C20H29N3O3/c1-15(24)26-10-9-21-19(25)22-12-16-11-20(2,3)18(14-22)23(13-16)17-7-5-4-6-8-17/h4-8,16,18H,9-14H2,1-3H3,(H,21,25)/t16-,18-/m1/s1. The van der Waals surface area contributed by atoms with Gasteiger partial charge in [-0.3, -0.25) is 4.79 Å². The van der Waals surface area contributed by atoms with Crippen molar-refractivity contribution in [3.05, 3.63) is 30.3 Å². The molecular weight excluding hydrogens is 330 g/mol. The minimum Gasteiger partial charge on any atom is -0.464 e. The molecule has 3 aliphatic heterocycles. The first-order valence-electron chi connectivity index (χ1n) is 9.34. The second-order valence-electron chi connectivity index (χ2n) is 8.04. The predicted octanol–water partition coefficient (Wildman–Crippen LogP) is 2.50. The van der Waals surface area contributed by atoms with E-state index in [9.17, 15) is 9.59 Å². The van der Waals surface area contributed by atoms with Gasteiger partial charge in [-0.1, -0.05) is 32.0 Å². The van der Waals surface area contributed by atoms with Gasteiger partial charge in [0.2, 0.25) is 0 Å². The molecule has 2 atom stereocenters. The Bertz CT molecular complexity index is 647. The van der Waals surface area contributed by atoms with Crippen molar-refractivity contribution >= 4 is 17.7 Å². The van der Waals surface area contributed by atoms with Gasteiger partial charge in [-0.2, -0.15) is 0 Å². The molecule has 142 valence electrons. The van der Waals surface area contributed by atoms with Crippen LogP contribution >= 0.6 is 0 Å². The van der Waals surface area contributed by atoms with Crippen molar-refractivity contribution in [1.82, 2.24) is 10.2 Å². The van der Waals surface area contributed by atoms with Gasteiger partial charge >= 0.3 is 12.0 Å². The minimum atomic E-state index is -0.327. The number of para-hydroxylation sites is 1. The molecule has 3 fully saturated rings. The number of esters is 1. The first-order valence-corrected chi connectivity index (χ1v) is 9.34. The highest BCUT2D eigenvalue weighted by atomic mass is 16.5. The monoisotopic (exact) mass is 359 g/mol. The smallest absolute Gasteiger partial charge is 0.317 e. The Balaban J connectivity index is 1.69. The molecule has 0 aromatic heterocycles. The van der Waals surface area contributed by atoms with Crippen molar-refractivity contribution in [1.29, 1.82) is 0 Å². The van der Waals surface area contributed by atoms with E-state index in [0.717, 1.165) is 19.5 Å². The molecule has 1 N–H and O–H groups in total. The summed E-state index contributed by atoms with van der Waals surface area (Å²) in [5.74, 6) is 0.121. The topological polar surface area (TPSA) is 61.9 Å². The third-order valence-corrected chi connectivity index (χ3v) is 5.48. The van der Waals surface area contributed by atoms with E-state index in [0.29, 0.717) is 19.0 Å². The van der Waals surface area contributed by atoms with Crippen molar-refractivity contribution in [3.63, 3.8) is 0 Å². The molecule has 6 nitrogen and oxygen atoms in total. The summed E-state index contributed by atoms with van der Waals surface area (Å²) in [6, 6.07) is 10.7. The molecule has 2 amide bonds. The van der Waals surface area contributed by atoms with E-state index in [4.69, 9.17) is 4.74 Å². The van der Waals surface area contributed by atoms with Crippen molar-refractivity contribution in [2.24, 2.45) is 11.3 Å². The van der Waals surface area contributed by atoms with Gasteiger partial charge in [-0.05, 0) is 29.9 Å².